The number of methoxy groups -OCH3 is 2. The van der Waals surface area contributed by atoms with E-state index < -0.39 is 0 Å². The molecule has 0 saturated heterocycles. The Morgan fingerprint density at radius 1 is 1.24 bits per heavy atom. The molecule has 0 aliphatic carbocycles. The molecule has 0 unspecified atom stereocenters. The molecular formula is C12H13NO4. The van der Waals surface area contributed by atoms with E-state index in [0.717, 1.165) is 0 Å². The summed E-state index contributed by atoms with van der Waals surface area (Å²) in [6.45, 7) is 1.64. The van der Waals surface area contributed by atoms with Crippen molar-refractivity contribution >= 4 is 0 Å². The van der Waals surface area contributed by atoms with Crippen LogP contribution < -0.4 is 9.47 Å². The Labute approximate surface area is 98.6 Å². The number of hydrogen-bond acceptors (Lipinski definition) is 5. The zero-order valence-corrected chi connectivity index (χ0v) is 9.85. The summed E-state index contributed by atoms with van der Waals surface area (Å²) in [4.78, 5) is 0. The number of rotatable bonds is 3. The van der Waals surface area contributed by atoms with Gasteiger partial charge in [0.05, 0.1) is 14.2 Å². The molecule has 1 heterocycles. The number of hydrogen-bond donors (Lipinski definition) is 1. The molecule has 0 aliphatic heterocycles. The molecule has 0 spiro atoms. The van der Waals surface area contributed by atoms with Crippen molar-refractivity contribution in [2.24, 2.45) is 0 Å². The lowest BCUT2D eigenvalue weighted by molar-refractivity contribution is 0.383. The second-order valence-corrected chi connectivity index (χ2v) is 3.50. The minimum Gasteiger partial charge on any atom is -0.503 e. The monoisotopic (exact) mass is 235 g/mol. The van der Waals surface area contributed by atoms with E-state index in [2.05, 4.69) is 5.16 Å². The fraction of sp³-hybridized carbons (Fsp3) is 0.250. The Morgan fingerprint density at radius 2 is 2.00 bits per heavy atom. The molecular weight excluding hydrogens is 222 g/mol. The molecule has 0 fully saturated rings. The number of nitrogens with zero attached hydrogens (tertiary/aromatic N) is 1. The molecule has 2 rings (SSSR count). The van der Waals surface area contributed by atoms with Gasteiger partial charge in [-0.1, -0.05) is 5.16 Å². The fourth-order valence-electron chi connectivity index (χ4n) is 1.54. The van der Waals surface area contributed by atoms with Crippen molar-refractivity contribution in [2.75, 3.05) is 14.2 Å². The molecule has 1 aromatic heterocycles. The van der Waals surface area contributed by atoms with Crippen molar-refractivity contribution < 1.29 is 19.1 Å². The summed E-state index contributed by atoms with van der Waals surface area (Å²) in [6.07, 6.45) is 0. The molecule has 5 nitrogen and oxygen atoms in total. The van der Waals surface area contributed by atoms with Crippen LogP contribution in [-0.4, -0.2) is 24.5 Å². The molecule has 0 amide bonds. The van der Waals surface area contributed by atoms with Crippen molar-refractivity contribution in [3.63, 3.8) is 0 Å². The lowest BCUT2D eigenvalue weighted by Crippen LogP contribution is -1.90. The predicted octanol–water partition coefficient (Wildman–Crippen LogP) is 2.37. The molecule has 0 bridgehead atoms. The molecule has 17 heavy (non-hydrogen) atoms. The summed E-state index contributed by atoms with van der Waals surface area (Å²) < 4.78 is 15.2. The highest BCUT2D eigenvalue weighted by Gasteiger charge is 2.17. The lowest BCUT2D eigenvalue weighted by atomic mass is 10.1. The summed E-state index contributed by atoms with van der Waals surface area (Å²) in [5, 5.41) is 13.6. The van der Waals surface area contributed by atoms with Gasteiger partial charge in [-0.15, -0.1) is 0 Å². The van der Waals surface area contributed by atoms with Crippen LogP contribution in [0.2, 0.25) is 0 Å². The van der Waals surface area contributed by atoms with Gasteiger partial charge in [0, 0.05) is 18.6 Å². The molecule has 0 saturated carbocycles. The van der Waals surface area contributed by atoms with Crippen LogP contribution in [0.3, 0.4) is 0 Å². The second-order valence-electron chi connectivity index (χ2n) is 3.50. The second kappa shape index (κ2) is 4.37. The van der Waals surface area contributed by atoms with Crippen molar-refractivity contribution in [1.82, 2.24) is 5.16 Å². The molecule has 1 N–H and O–H groups in total. The van der Waals surface area contributed by atoms with Gasteiger partial charge in [0.15, 0.2) is 17.2 Å². The van der Waals surface area contributed by atoms with E-state index in [0.29, 0.717) is 28.5 Å². The molecule has 5 heteroatoms. The van der Waals surface area contributed by atoms with Gasteiger partial charge in [-0.2, -0.15) is 0 Å². The average molecular weight is 235 g/mol. The van der Waals surface area contributed by atoms with E-state index in [1.165, 1.54) is 0 Å². The first-order chi connectivity index (χ1) is 8.17. The van der Waals surface area contributed by atoms with Gasteiger partial charge in [-0.3, -0.25) is 0 Å². The Kier molecular flexibility index (Phi) is 2.91. The first-order valence-corrected chi connectivity index (χ1v) is 5.05. The smallest absolute Gasteiger partial charge is 0.186 e. The van der Waals surface area contributed by atoms with Crippen LogP contribution in [0, 0.1) is 6.92 Å². The quantitative estimate of drug-likeness (QED) is 0.884. The molecule has 0 radical (unpaired) electrons. The van der Waals surface area contributed by atoms with Gasteiger partial charge >= 0.3 is 0 Å². The Bertz CT molecular complexity index is 533. The van der Waals surface area contributed by atoms with Crippen molar-refractivity contribution in [3.8, 4) is 28.5 Å². The summed E-state index contributed by atoms with van der Waals surface area (Å²) in [6, 6.07) is 5.24. The number of benzene rings is 1. The first kappa shape index (κ1) is 11.3. The predicted molar refractivity (Wildman–Crippen MR) is 61.4 cm³/mol. The third kappa shape index (κ3) is 1.91. The van der Waals surface area contributed by atoms with Gasteiger partial charge < -0.3 is 19.1 Å². The lowest BCUT2D eigenvalue weighted by Gasteiger charge is -2.08. The van der Waals surface area contributed by atoms with Crippen LogP contribution in [-0.2, 0) is 0 Å². The summed E-state index contributed by atoms with van der Waals surface area (Å²) in [7, 11) is 3.12. The maximum absolute atomic E-state index is 9.79. The van der Waals surface area contributed by atoms with Crippen molar-refractivity contribution in [1.29, 1.82) is 0 Å². The van der Waals surface area contributed by atoms with Gasteiger partial charge in [0.2, 0.25) is 0 Å². The van der Waals surface area contributed by atoms with Gasteiger partial charge in [-0.05, 0) is 12.1 Å². The van der Waals surface area contributed by atoms with E-state index >= 15 is 0 Å². The largest absolute Gasteiger partial charge is 0.503 e. The minimum atomic E-state index is 0.0217. The molecule has 90 valence electrons. The number of aromatic hydroxyl groups is 1. The number of aromatic nitrogens is 1. The summed E-state index contributed by atoms with van der Waals surface area (Å²) in [5.74, 6) is 1.63. The highest BCUT2D eigenvalue weighted by molar-refractivity contribution is 5.73. The van der Waals surface area contributed by atoms with Crippen LogP contribution in [0.15, 0.2) is 22.7 Å². The summed E-state index contributed by atoms with van der Waals surface area (Å²) in [5.41, 5.74) is 1.02. The standard InChI is InChI=1S/C12H13NO4/c1-7-12(14)11(13-17-7)9-5-4-8(15-2)6-10(9)16-3/h4-6,14H,1-3H3. The van der Waals surface area contributed by atoms with E-state index in [4.69, 9.17) is 14.0 Å². The minimum absolute atomic E-state index is 0.0217. The van der Waals surface area contributed by atoms with Crippen LogP contribution in [0.4, 0.5) is 0 Å². The zero-order chi connectivity index (χ0) is 12.4. The van der Waals surface area contributed by atoms with Gasteiger partial charge in [0.25, 0.3) is 0 Å². The highest BCUT2D eigenvalue weighted by atomic mass is 16.5. The van der Waals surface area contributed by atoms with Crippen molar-refractivity contribution in [3.05, 3.63) is 24.0 Å². The van der Waals surface area contributed by atoms with Gasteiger partial charge in [0.1, 0.15) is 11.5 Å². The van der Waals surface area contributed by atoms with Gasteiger partial charge in [-0.25, -0.2) is 0 Å². The van der Waals surface area contributed by atoms with E-state index in [1.807, 2.05) is 0 Å². The topological polar surface area (TPSA) is 64.7 Å². The van der Waals surface area contributed by atoms with E-state index in [9.17, 15) is 5.11 Å². The van der Waals surface area contributed by atoms with Crippen LogP contribution in [0.5, 0.6) is 17.2 Å². The zero-order valence-electron chi connectivity index (χ0n) is 9.85. The molecule has 1 aromatic carbocycles. The van der Waals surface area contributed by atoms with Crippen LogP contribution in [0.1, 0.15) is 5.76 Å². The Balaban J connectivity index is 2.55. The fourth-order valence-corrected chi connectivity index (χ4v) is 1.54. The maximum Gasteiger partial charge on any atom is 0.186 e. The van der Waals surface area contributed by atoms with Crippen LogP contribution in [0.25, 0.3) is 11.3 Å². The van der Waals surface area contributed by atoms with E-state index in [-0.39, 0.29) is 5.75 Å². The normalized spacial score (nSPS) is 10.3. The average Bonchev–Trinajstić information content (AvgIpc) is 2.69. The highest BCUT2D eigenvalue weighted by Crippen LogP contribution is 2.38. The number of aryl methyl sites for hydroxylation is 1. The Hall–Kier alpha value is -2.17. The summed E-state index contributed by atoms with van der Waals surface area (Å²) >= 11 is 0. The first-order valence-electron chi connectivity index (χ1n) is 5.05. The molecule has 0 atom stereocenters. The third-order valence-electron chi connectivity index (χ3n) is 2.50. The Morgan fingerprint density at radius 3 is 2.53 bits per heavy atom. The molecule has 0 aliphatic rings. The number of ether oxygens (including phenoxy) is 2. The third-order valence-corrected chi connectivity index (χ3v) is 2.50. The SMILES string of the molecule is COc1ccc(-c2noc(C)c2O)c(OC)c1. The van der Waals surface area contributed by atoms with Crippen LogP contribution >= 0.6 is 0 Å². The maximum atomic E-state index is 9.79. The molecule has 2 aromatic rings. The van der Waals surface area contributed by atoms with E-state index in [1.54, 1.807) is 39.3 Å². The van der Waals surface area contributed by atoms with Crippen molar-refractivity contribution in [2.45, 2.75) is 6.92 Å².